The Hall–Kier alpha value is -3.85. The van der Waals surface area contributed by atoms with E-state index >= 15 is 0 Å². The van der Waals surface area contributed by atoms with E-state index in [0.29, 0.717) is 16.9 Å². The lowest BCUT2D eigenvalue weighted by atomic mass is 10.0. The number of nitrogens with zero attached hydrogens (tertiary/aromatic N) is 2. The van der Waals surface area contributed by atoms with Gasteiger partial charge in [-0.15, -0.1) is 6.42 Å². The number of alkyl halides is 3. The first-order chi connectivity index (χ1) is 13.9. The summed E-state index contributed by atoms with van der Waals surface area (Å²) in [6.45, 7) is 0. The van der Waals surface area contributed by atoms with E-state index < -0.39 is 11.7 Å². The molecule has 0 atom stereocenters. The van der Waals surface area contributed by atoms with Gasteiger partial charge in [0.05, 0.1) is 11.1 Å². The first-order valence-corrected chi connectivity index (χ1v) is 8.70. The van der Waals surface area contributed by atoms with Crippen molar-refractivity contribution >= 4 is 22.4 Å². The Bertz CT molecular complexity index is 1220. The van der Waals surface area contributed by atoms with Gasteiger partial charge in [0.2, 0.25) is 0 Å². The summed E-state index contributed by atoms with van der Waals surface area (Å²) >= 11 is 0. The summed E-state index contributed by atoms with van der Waals surface area (Å²) < 4.78 is 38.4. The SMILES string of the molecule is C#Cc1cccc(Nc2ncnc3ccc(-c4ccc(C(F)(F)F)cc4)cc23)c1. The van der Waals surface area contributed by atoms with Crippen LogP contribution in [0.5, 0.6) is 0 Å². The monoisotopic (exact) mass is 389 g/mol. The van der Waals surface area contributed by atoms with E-state index in [2.05, 4.69) is 21.2 Å². The van der Waals surface area contributed by atoms with E-state index in [4.69, 9.17) is 6.42 Å². The molecule has 0 amide bonds. The highest BCUT2D eigenvalue weighted by atomic mass is 19.4. The number of terminal acetylenes is 1. The summed E-state index contributed by atoms with van der Waals surface area (Å²) in [5.41, 5.74) is 2.98. The van der Waals surface area contributed by atoms with Crippen LogP contribution >= 0.6 is 0 Å². The maximum Gasteiger partial charge on any atom is 0.416 e. The topological polar surface area (TPSA) is 37.8 Å². The van der Waals surface area contributed by atoms with Crippen molar-refractivity contribution in [1.82, 2.24) is 9.97 Å². The number of fused-ring (bicyclic) bond motifs is 1. The Morgan fingerprint density at radius 2 is 1.62 bits per heavy atom. The fraction of sp³-hybridized carbons (Fsp3) is 0.0435. The fourth-order valence-corrected chi connectivity index (χ4v) is 3.01. The molecule has 1 aromatic heterocycles. The van der Waals surface area contributed by atoms with Crippen LogP contribution in [-0.4, -0.2) is 9.97 Å². The third-order valence-corrected chi connectivity index (χ3v) is 4.47. The standard InChI is InChI=1S/C23H14F3N3/c1-2-15-4-3-5-19(12-15)29-22-20-13-17(8-11-21(20)27-14-28-22)16-6-9-18(10-7-16)23(24,25)26/h1,3-14H,(H,27,28,29). The fourth-order valence-electron chi connectivity index (χ4n) is 3.01. The Kier molecular flexibility index (Phi) is 4.65. The van der Waals surface area contributed by atoms with Crippen molar-refractivity contribution in [2.45, 2.75) is 6.18 Å². The quantitative estimate of drug-likeness (QED) is 0.434. The molecule has 29 heavy (non-hydrogen) atoms. The van der Waals surface area contributed by atoms with Gasteiger partial charge >= 0.3 is 6.18 Å². The molecule has 0 bridgehead atoms. The molecule has 0 fully saturated rings. The molecule has 3 aromatic carbocycles. The van der Waals surface area contributed by atoms with Gasteiger partial charge in [-0.25, -0.2) is 9.97 Å². The van der Waals surface area contributed by atoms with Crippen molar-refractivity contribution in [3.8, 4) is 23.5 Å². The number of rotatable bonds is 3. The van der Waals surface area contributed by atoms with Crippen molar-refractivity contribution < 1.29 is 13.2 Å². The molecule has 0 saturated carbocycles. The zero-order chi connectivity index (χ0) is 20.4. The molecular formula is C23H14F3N3. The minimum absolute atomic E-state index is 0.581. The van der Waals surface area contributed by atoms with E-state index in [9.17, 15) is 13.2 Å². The second-order valence-corrected chi connectivity index (χ2v) is 6.38. The maximum atomic E-state index is 12.8. The van der Waals surface area contributed by atoms with Crippen molar-refractivity contribution in [3.05, 3.63) is 84.2 Å². The number of benzene rings is 3. The third-order valence-electron chi connectivity index (χ3n) is 4.47. The molecule has 0 aliphatic rings. The van der Waals surface area contributed by atoms with Crippen molar-refractivity contribution in [2.75, 3.05) is 5.32 Å². The van der Waals surface area contributed by atoms with Gasteiger partial charge in [0.15, 0.2) is 0 Å². The number of hydrogen-bond donors (Lipinski definition) is 1. The van der Waals surface area contributed by atoms with Gasteiger partial charge < -0.3 is 5.32 Å². The number of anilines is 2. The number of nitrogens with one attached hydrogen (secondary N) is 1. The van der Waals surface area contributed by atoms with Crippen LogP contribution in [-0.2, 0) is 6.18 Å². The van der Waals surface area contributed by atoms with Gasteiger partial charge in [-0.2, -0.15) is 13.2 Å². The van der Waals surface area contributed by atoms with Crippen LogP contribution in [0.25, 0.3) is 22.0 Å². The van der Waals surface area contributed by atoms with Crippen LogP contribution in [0.3, 0.4) is 0 Å². The zero-order valence-electron chi connectivity index (χ0n) is 15.0. The molecule has 0 radical (unpaired) electrons. The van der Waals surface area contributed by atoms with Gasteiger partial charge in [0.25, 0.3) is 0 Å². The molecular weight excluding hydrogens is 375 g/mol. The van der Waals surface area contributed by atoms with Crippen molar-refractivity contribution in [3.63, 3.8) is 0 Å². The van der Waals surface area contributed by atoms with Crippen LogP contribution in [0, 0.1) is 12.3 Å². The Morgan fingerprint density at radius 1 is 0.862 bits per heavy atom. The zero-order valence-corrected chi connectivity index (χ0v) is 15.0. The van der Waals surface area contributed by atoms with Crippen LogP contribution < -0.4 is 5.32 Å². The van der Waals surface area contributed by atoms with Gasteiger partial charge in [-0.1, -0.05) is 30.2 Å². The molecule has 0 spiro atoms. The molecule has 1 N–H and O–H groups in total. The van der Waals surface area contributed by atoms with Crippen LogP contribution in [0.1, 0.15) is 11.1 Å². The molecule has 4 aromatic rings. The lowest BCUT2D eigenvalue weighted by Crippen LogP contribution is -2.04. The number of hydrogen-bond acceptors (Lipinski definition) is 3. The van der Waals surface area contributed by atoms with Crippen LogP contribution in [0.4, 0.5) is 24.7 Å². The number of halogens is 3. The normalized spacial score (nSPS) is 11.2. The summed E-state index contributed by atoms with van der Waals surface area (Å²) in [5, 5.41) is 3.98. The maximum absolute atomic E-state index is 12.8. The Morgan fingerprint density at radius 3 is 2.34 bits per heavy atom. The minimum atomic E-state index is -4.36. The van der Waals surface area contributed by atoms with Crippen molar-refractivity contribution in [1.29, 1.82) is 0 Å². The molecule has 3 nitrogen and oxygen atoms in total. The summed E-state index contributed by atoms with van der Waals surface area (Å²) in [6.07, 6.45) is 2.54. The lowest BCUT2D eigenvalue weighted by Gasteiger charge is -2.11. The van der Waals surface area contributed by atoms with E-state index in [1.54, 1.807) is 0 Å². The Balaban J connectivity index is 1.73. The molecule has 0 aliphatic heterocycles. The second-order valence-electron chi connectivity index (χ2n) is 6.38. The van der Waals surface area contributed by atoms with Crippen molar-refractivity contribution in [2.24, 2.45) is 0 Å². The predicted octanol–water partition coefficient (Wildman–Crippen LogP) is 6.04. The molecule has 0 unspecified atom stereocenters. The molecule has 1 heterocycles. The highest BCUT2D eigenvalue weighted by Crippen LogP contribution is 2.32. The molecule has 0 aliphatic carbocycles. The molecule has 142 valence electrons. The lowest BCUT2D eigenvalue weighted by molar-refractivity contribution is -0.137. The minimum Gasteiger partial charge on any atom is -0.340 e. The van der Waals surface area contributed by atoms with Gasteiger partial charge in [-0.3, -0.25) is 0 Å². The predicted molar refractivity (Wildman–Crippen MR) is 108 cm³/mol. The second kappa shape index (κ2) is 7.28. The Labute approximate surface area is 165 Å². The first-order valence-electron chi connectivity index (χ1n) is 8.70. The highest BCUT2D eigenvalue weighted by Gasteiger charge is 2.29. The van der Waals surface area contributed by atoms with E-state index in [1.165, 1.54) is 18.5 Å². The van der Waals surface area contributed by atoms with E-state index in [-0.39, 0.29) is 0 Å². The first kappa shape index (κ1) is 18.5. The average molecular weight is 389 g/mol. The molecule has 0 saturated heterocycles. The smallest absolute Gasteiger partial charge is 0.340 e. The summed E-state index contributed by atoms with van der Waals surface area (Å²) in [7, 11) is 0. The number of aromatic nitrogens is 2. The van der Waals surface area contributed by atoms with Gasteiger partial charge in [0, 0.05) is 16.6 Å². The largest absolute Gasteiger partial charge is 0.416 e. The summed E-state index contributed by atoms with van der Waals surface area (Å²) in [6, 6.07) is 17.9. The van der Waals surface area contributed by atoms with E-state index in [1.807, 2.05) is 42.5 Å². The van der Waals surface area contributed by atoms with E-state index in [0.717, 1.165) is 34.3 Å². The highest BCUT2D eigenvalue weighted by molar-refractivity contribution is 5.93. The average Bonchev–Trinajstić information content (AvgIpc) is 2.73. The van der Waals surface area contributed by atoms with Crippen LogP contribution in [0.15, 0.2) is 73.1 Å². The summed E-state index contributed by atoms with van der Waals surface area (Å²) in [5.74, 6) is 3.16. The molecule has 6 heteroatoms. The molecule has 4 rings (SSSR count). The van der Waals surface area contributed by atoms with Crippen LogP contribution in [0.2, 0.25) is 0 Å². The van der Waals surface area contributed by atoms with Gasteiger partial charge in [0.1, 0.15) is 12.1 Å². The summed E-state index contributed by atoms with van der Waals surface area (Å²) in [4.78, 5) is 8.58. The van der Waals surface area contributed by atoms with Gasteiger partial charge in [-0.05, 0) is 53.6 Å². The third kappa shape index (κ3) is 3.90.